The zero-order valence-electron chi connectivity index (χ0n) is 23.2. The summed E-state index contributed by atoms with van der Waals surface area (Å²) in [5.74, 6) is 0. The van der Waals surface area contributed by atoms with Crippen LogP contribution in [0.5, 0.6) is 0 Å². The minimum atomic E-state index is 0.653. The lowest BCUT2D eigenvalue weighted by Gasteiger charge is -2.25. The van der Waals surface area contributed by atoms with Gasteiger partial charge in [-0.15, -0.1) is 6.58 Å². The fourth-order valence-electron chi connectivity index (χ4n) is 4.33. The van der Waals surface area contributed by atoms with Gasteiger partial charge in [-0.3, -0.25) is 9.88 Å². The van der Waals surface area contributed by atoms with Gasteiger partial charge in [0.05, 0.1) is 0 Å². The molecule has 0 amide bonds. The van der Waals surface area contributed by atoms with Gasteiger partial charge >= 0.3 is 0 Å². The van der Waals surface area contributed by atoms with Gasteiger partial charge < -0.3 is 9.80 Å². The first-order valence-corrected chi connectivity index (χ1v) is 13.6. The van der Waals surface area contributed by atoms with E-state index in [1.54, 1.807) is 12.4 Å². The Hall–Kier alpha value is -1.23. The molecular formula is C29H56N4. The Bertz CT molecular complexity index is 493. The maximum absolute atomic E-state index is 3.83. The molecule has 1 aromatic heterocycles. The molecule has 4 heterocycles. The molecule has 4 nitrogen and oxygen atoms in total. The molecule has 0 N–H and O–H groups in total. The number of nitrogens with zero attached hydrogens (tertiary/aromatic N) is 4. The van der Waals surface area contributed by atoms with Crippen molar-refractivity contribution in [3.8, 4) is 0 Å². The number of likely N-dealkylation sites (tertiary alicyclic amines) is 3. The van der Waals surface area contributed by atoms with Crippen molar-refractivity contribution in [2.75, 3.05) is 39.8 Å². The summed E-state index contributed by atoms with van der Waals surface area (Å²) < 4.78 is 0. The van der Waals surface area contributed by atoms with Crippen LogP contribution >= 0.6 is 0 Å². The molecule has 0 aliphatic carbocycles. The van der Waals surface area contributed by atoms with Gasteiger partial charge in [0, 0.05) is 30.5 Å². The molecule has 33 heavy (non-hydrogen) atoms. The van der Waals surface area contributed by atoms with Gasteiger partial charge in [0.25, 0.3) is 0 Å². The summed E-state index contributed by atoms with van der Waals surface area (Å²) >= 11 is 0. The Morgan fingerprint density at radius 2 is 1.30 bits per heavy atom. The zero-order valence-corrected chi connectivity index (χ0v) is 23.2. The molecule has 3 saturated heterocycles. The van der Waals surface area contributed by atoms with Crippen LogP contribution < -0.4 is 0 Å². The van der Waals surface area contributed by atoms with E-state index in [1.165, 1.54) is 77.7 Å². The molecule has 192 valence electrons. The van der Waals surface area contributed by atoms with Crippen molar-refractivity contribution in [3.05, 3.63) is 43.2 Å². The summed E-state index contributed by atoms with van der Waals surface area (Å²) in [4.78, 5) is 11.2. The van der Waals surface area contributed by atoms with Gasteiger partial charge in [-0.2, -0.15) is 0 Å². The Balaban J connectivity index is 0.000000409. The summed E-state index contributed by atoms with van der Waals surface area (Å²) in [6, 6.07) is 7.83. The molecule has 0 aromatic carbocycles. The molecule has 4 heteroatoms. The van der Waals surface area contributed by atoms with Gasteiger partial charge in [-0.05, 0) is 118 Å². The SMILES string of the molecule is C=CC1CCCN1C(C)C.CC.CC(C)N1CCCC1.CN1CCCCC1.c1ccncc1. The van der Waals surface area contributed by atoms with Crippen molar-refractivity contribution in [2.45, 2.75) is 105 Å². The molecule has 3 fully saturated rings. The number of hydrogen-bond donors (Lipinski definition) is 0. The van der Waals surface area contributed by atoms with Crippen LogP contribution in [0.15, 0.2) is 43.2 Å². The third-order valence-corrected chi connectivity index (χ3v) is 6.29. The van der Waals surface area contributed by atoms with Gasteiger partial charge in [0.15, 0.2) is 0 Å². The van der Waals surface area contributed by atoms with E-state index >= 15 is 0 Å². The van der Waals surface area contributed by atoms with E-state index in [-0.39, 0.29) is 0 Å². The van der Waals surface area contributed by atoms with E-state index in [2.05, 4.69) is 67.1 Å². The van der Waals surface area contributed by atoms with E-state index in [4.69, 9.17) is 0 Å². The maximum atomic E-state index is 3.83. The fourth-order valence-corrected chi connectivity index (χ4v) is 4.33. The van der Waals surface area contributed by atoms with Crippen molar-refractivity contribution in [1.82, 2.24) is 19.7 Å². The highest BCUT2D eigenvalue weighted by Gasteiger charge is 2.23. The second kappa shape index (κ2) is 21.3. The first-order valence-electron chi connectivity index (χ1n) is 13.6. The van der Waals surface area contributed by atoms with Crippen molar-refractivity contribution in [2.24, 2.45) is 0 Å². The predicted octanol–water partition coefficient (Wildman–Crippen LogP) is 6.75. The Morgan fingerprint density at radius 1 is 0.758 bits per heavy atom. The lowest BCUT2D eigenvalue weighted by Crippen LogP contribution is -2.33. The molecule has 1 aromatic rings. The van der Waals surface area contributed by atoms with Gasteiger partial charge in [-0.25, -0.2) is 0 Å². The maximum Gasteiger partial charge on any atom is 0.0278 e. The number of rotatable bonds is 3. The number of piperidine rings is 1. The van der Waals surface area contributed by atoms with Crippen LogP contribution in [0.2, 0.25) is 0 Å². The van der Waals surface area contributed by atoms with Crippen LogP contribution in [0.1, 0.15) is 86.5 Å². The molecule has 3 aliphatic rings. The first-order chi connectivity index (χ1) is 16.0. The van der Waals surface area contributed by atoms with Crippen molar-refractivity contribution in [1.29, 1.82) is 0 Å². The molecule has 0 spiro atoms. The lowest BCUT2D eigenvalue weighted by atomic mass is 10.1. The second-order valence-corrected chi connectivity index (χ2v) is 9.50. The second-order valence-electron chi connectivity index (χ2n) is 9.50. The number of hydrogen-bond acceptors (Lipinski definition) is 4. The summed E-state index contributed by atoms with van der Waals surface area (Å²) in [5, 5.41) is 0. The predicted molar refractivity (Wildman–Crippen MR) is 148 cm³/mol. The van der Waals surface area contributed by atoms with Crippen LogP contribution in [0.25, 0.3) is 0 Å². The van der Waals surface area contributed by atoms with Crippen LogP contribution in [-0.4, -0.2) is 77.6 Å². The number of pyridine rings is 1. The summed E-state index contributed by atoms with van der Waals surface area (Å²) in [6.07, 6.45) is 15.3. The van der Waals surface area contributed by atoms with Crippen molar-refractivity contribution in [3.63, 3.8) is 0 Å². The smallest absolute Gasteiger partial charge is 0.0278 e. The van der Waals surface area contributed by atoms with E-state index in [0.717, 1.165) is 6.04 Å². The number of aromatic nitrogens is 1. The van der Waals surface area contributed by atoms with E-state index in [1.807, 2.05) is 32.0 Å². The quantitative estimate of drug-likeness (QED) is 0.465. The normalized spacial score (nSPS) is 20.9. The average Bonchev–Trinajstić information content (AvgIpc) is 3.56. The fraction of sp³-hybridized carbons (Fsp3) is 0.759. The minimum absolute atomic E-state index is 0.653. The van der Waals surface area contributed by atoms with Crippen molar-refractivity contribution < 1.29 is 0 Å². The van der Waals surface area contributed by atoms with E-state index in [0.29, 0.717) is 12.1 Å². The Morgan fingerprint density at radius 3 is 1.58 bits per heavy atom. The Kier molecular flexibility index (Phi) is 20.5. The molecule has 3 aliphatic heterocycles. The van der Waals surface area contributed by atoms with Crippen LogP contribution in [-0.2, 0) is 0 Å². The van der Waals surface area contributed by atoms with Crippen LogP contribution in [0, 0.1) is 0 Å². The van der Waals surface area contributed by atoms with Gasteiger partial charge in [0.1, 0.15) is 0 Å². The minimum Gasteiger partial charge on any atom is -0.306 e. The topological polar surface area (TPSA) is 22.6 Å². The molecule has 0 radical (unpaired) electrons. The van der Waals surface area contributed by atoms with Crippen LogP contribution in [0.4, 0.5) is 0 Å². The van der Waals surface area contributed by atoms with Crippen molar-refractivity contribution >= 4 is 0 Å². The highest BCUT2D eigenvalue weighted by molar-refractivity contribution is 4.93. The molecule has 0 saturated carbocycles. The molecular weight excluding hydrogens is 404 g/mol. The van der Waals surface area contributed by atoms with Crippen LogP contribution in [0.3, 0.4) is 0 Å². The average molecular weight is 461 g/mol. The summed E-state index contributed by atoms with van der Waals surface area (Å²) in [7, 11) is 2.19. The van der Waals surface area contributed by atoms with E-state index in [9.17, 15) is 0 Å². The summed E-state index contributed by atoms with van der Waals surface area (Å²) in [6.45, 7) is 23.4. The molecule has 1 atom stereocenters. The molecule has 4 rings (SSSR count). The first kappa shape index (κ1) is 31.8. The Labute approximate surface area is 207 Å². The molecule has 1 unspecified atom stereocenters. The molecule has 0 bridgehead atoms. The highest BCUT2D eigenvalue weighted by atomic mass is 15.2. The van der Waals surface area contributed by atoms with Gasteiger partial charge in [0.2, 0.25) is 0 Å². The highest BCUT2D eigenvalue weighted by Crippen LogP contribution is 2.19. The lowest BCUT2D eigenvalue weighted by molar-refractivity contribution is 0.234. The summed E-state index contributed by atoms with van der Waals surface area (Å²) in [5.41, 5.74) is 0. The standard InChI is InChI=1S/C9H17N.C7H15N.C6H13N.C5H5N.C2H6/c1-4-9-6-5-7-10(9)8(2)3;1-7(2)8-5-3-4-6-8;1-7-5-3-2-4-6-7;1-2-4-6-5-3-1;1-2/h4,8-9H,1,5-7H2,2-3H3;7H,3-6H2,1-2H3;2-6H2,1H3;1-5H;1-2H3. The van der Waals surface area contributed by atoms with E-state index < -0.39 is 0 Å². The third kappa shape index (κ3) is 16.1. The third-order valence-electron chi connectivity index (χ3n) is 6.29. The zero-order chi connectivity index (χ0) is 24.9. The monoisotopic (exact) mass is 460 g/mol. The largest absolute Gasteiger partial charge is 0.306 e. The van der Waals surface area contributed by atoms with Gasteiger partial charge in [-0.1, -0.05) is 32.4 Å².